The van der Waals surface area contributed by atoms with Crippen LogP contribution in [0, 0.1) is 12.8 Å². The summed E-state index contributed by atoms with van der Waals surface area (Å²) >= 11 is 3.49. The van der Waals surface area contributed by atoms with Crippen molar-refractivity contribution in [2.24, 2.45) is 5.92 Å². The molecule has 0 spiro atoms. The number of piperidine rings is 1. The van der Waals surface area contributed by atoms with Gasteiger partial charge in [-0.05, 0) is 55.5 Å². The Morgan fingerprint density at radius 1 is 1.33 bits per heavy atom. The molecule has 0 aliphatic carbocycles. The highest BCUT2D eigenvalue weighted by Crippen LogP contribution is 2.24. The molecule has 1 aliphatic rings. The number of aromatic nitrogens is 1. The summed E-state index contributed by atoms with van der Waals surface area (Å²) in [5.41, 5.74) is 3.41. The zero-order valence-corrected chi connectivity index (χ0v) is 15.6. The van der Waals surface area contributed by atoms with Gasteiger partial charge in [0.05, 0.1) is 0 Å². The fourth-order valence-electron chi connectivity index (χ4n) is 3.03. The third-order valence-electron chi connectivity index (χ3n) is 4.43. The number of halogens is 1. The number of pyridine rings is 1. The zero-order chi connectivity index (χ0) is 17.1. The fourth-order valence-corrected chi connectivity index (χ4v) is 3.41. The molecule has 1 aromatic heterocycles. The van der Waals surface area contributed by atoms with Crippen LogP contribution in [0.5, 0.6) is 0 Å². The van der Waals surface area contributed by atoms with Crippen LogP contribution in [0.4, 0.5) is 11.4 Å². The van der Waals surface area contributed by atoms with Crippen LogP contribution in [-0.4, -0.2) is 24.0 Å². The predicted molar refractivity (Wildman–Crippen MR) is 102 cm³/mol. The van der Waals surface area contributed by atoms with Crippen molar-refractivity contribution in [1.29, 1.82) is 0 Å². The number of benzene rings is 1. The second-order valence-electron chi connectivity index (χ2n) is 6.51. The Kier molecular flexibility index (Phi) is 5.19. The number of nitrogens with one attached hydrogen (secondary N) is 1. The Hall–Kier alpha value is -1.88. The Balaban J connectivity index is 1.75. The molecule has 1 N–H and O–H groups in total. The first-order chi connectivity index (χ1) is 11.5. The Morgan fingerprint density at radius 2 is 2.17 bits per heavy atom. The first-order valence-electron chi connectivity index (χ1n) is 8.31. The molecule has 4 nitrogen and oxygen atoms in total. The molecule has 0 bridgehead atoms. The molecule has 1 saturated heterocycles. The van der Waals surface area contributed by atoms with Crippen molar-refractivity contribution in [1.82, 2.24) is 4.98 Å². The van der Waals surface area contributed by atoms with E-state index >= 15 is 0 Å². The van der Waals surface area contributed by atoms with Crippen LogP contribution in [0.3, 0.4) is 0 Å². The summed E-state index contributed by atoms with van der Waals surface area (Å²) in [7, 11) is 0. The molecule has 2 aromatic rings. The Bertz CT molecular complexity index is 747. The van der Waals surface area contributed by atoms with Crippen LogP contribution in [0.15, 0.2) is 41.0 Å². The third kappa shape index (κ3) is 3.96. The number of hydrogen-bond acceptors (Lipinski definition) is 3. The van der Waals surface area contributed by atoms with E-state index in [2.05, 4.69) is 38.1 Å². The summed E-state index contributed by atoms with van der Waals surface area (Å²) in [6.45, 7) is 6.37. The van der Waals surface area contributed by atoms with Gasteiger partial charge < -0.3 is 10.2 Å². The number of nitrogens with zero attached hydrogens (tertiary/aromatic N) is 2. The summed E-state index contributed by atoms with van der Waals surface area (Å²) in [4.78, 5) is 19.1. The van der Waals surface area contributed by atoms with E-state index in [1.165, 1.54) is 12.8 Å². The van der Waals surface area contributed by atoms with Gasteiger partial charge in [-0.1, -0.05) is 28.9 Å². The van der Waals surface area contributed by atoms with Gasteiger partial charge >= 0.3 is 0 Å². The van der Waals surface area contributed by atoms with Gasteiger partial charge in [0.2, 0.25) is 0 Å². The average molecular weight is 388 g/mol. The van der Waals surface area contributed by atoms with E-state index in [9.17, 15) is 4.79 Å². The molecule has 2 heterocycles. The topological polar surface area (TPSA) is 45.2 Å². The second kappa shape index (κ2) is 7.34. The van der Waals surface area contributed by atoms with Crippen LogP contribution < -0.4 is 10.2 Å². The maximum Gasteiger partial charge on any atom is 0.274 e. The van der Waals surface area contributed by atoms with E-state index in [1.54, 1.807) is 6.20 Å². The van der Waals surface area contributed by atoms with E-state index in [-0.39, 0.29) is 5.91 Å². The lowest BCUT2D eigenvalue weighted by Crippen LogP contribution is -2.34. The van der Waals surface area contributed by atoms with Gasteiger partial charge in [0.25, 0.3) is 5.91 Å². The number of carbonyl (C=O) groups is 1. The van der Waals surface area contributed by atoms with Crippen molar-refractivity contribution in [2.75, 3.05) is 23.3 Å². The largest absolute Gasteiger partial charge is 0.371 e. The minimum absolute atomic E-state index is 0.183. The van der Waals surface area contributed by atoms with Crippen molar-refractivity contribution in [3.05, 3.63) is 52.3 Å². The molecule has 0 radical (unpaired) electrons. The highest BCUT2D eigenvalue weighted by molar-refractivity contribution is 9.10. The van der Waals surface area contributed by atoms with Crippen molar-refractivity contribution < 1.29 is 4.79 Å². The first kappa shape index (κ1) is 17.0. The number of aryl methyl sites for hydroxylation is 1. The summed E-state index contributed by atoms with van der Waals surface area (Å²) < 4.78 is 0.976. The van der Waals surface area contributed by atoms with E-state index in [1.807, 2.05) is 37.3 Å². The number of hydrogen-bond donors (Lipinski definition) is 1. The standard InChI is InChI=1S/C19H22BrN3O/c1-13-4-3-9-23(12-13)16-7-8-21-18(11-16)19(24)22-15-6-5-14(2)17(20)10-15/h5-8,10-11,13H,3-4,9,12H2,1-2H3,(H,22,24). The minimum atomic E-state index is -0.183. The number of carbonyl (C=O) groups excluding carboxylic acids is 1. The predicted octanol–water partition coefficient (Wildman–Crippen LogP) is 4.64. The van der Waals surface area contributed by atoms with Crippen molar-refractivity contribution >= 4 is 33.2 Å². The third-order valence-corrected chi connectivity index (χ3v) is 5.28. The monoisotopic (exact) mass is 387 g/mol. The molecule has 1 fully saturated rings. The van der Waals surface area contributed by atoms with Gasteiger partial charge in [-0.3, -0.25) is 9.78 Å². The van der Waals surface area contributed by atoms with Gasteiger partial charge in [0.15, 0.2) is 0 Å². The van der Waals surface area contributed by atoms with Gasteiger partial charge in [0.1, 0.15) is 5.69 Å². The lowest BCUT2D eigenvalue weighted by atomic mass is 10.00. The van der Waals surface area contributed by atoms with Gasteiger partial charge in [0, 0.05) is 35.1 Å². The van der Waals surface area contributed by atoms with Gasteiger partial charge in [-0.15, -0.1) is 0 Å². The van der Waals surface area contributed by atoms with Crippen LogP contribution in [0.25, 0.3) is 0 Å². The molecule has 1 aliphatic heterocycles. The maximum absolute atomic E-state index is 12.5. The molecule has 1 amide bonds. The number of anilines is 2. The van der Waals surface area contributed by atoms with Gasteiger partial charge in [-0.25, -0.2) is 0 Å². The van der Waals surface area contributed by atoms with E-state index in [0.717, 1.165) is 34.5 Å². The lowest BCUT2D eigenvalue weighted by Gasteiger charge is -2.32. The molecule has 0 saturated carbocycles. The van der Waals surface area contributed by atoms with Crippen LogP contribution in [0.1, 0.15) is 35.8 Å². The van der Waals surface area contributed by atoms with Gasteiger partial charge in [-0.2, -0.15) is 0 Å². The second-order valence-corrected chi connectivity index (χ2v) is 7.37. The minimum Gasteiger partial charge on any atom is -0.371 e. The van der Waals surface area contributed by atoms with E-state index in [0.29, 0.717) is 11.6 Å². The zero-order valence-electron chi connectivity index (χ0n) is 14.1. The highest BCUT2D eigenvalue weighted by atomic mass is 79.9. The smallest absolute Gasteiger partial charge is 0.274 e. The molecule has 126 valence electrons. The summed E-state index contributed by atoms with van der Waals surface area (Å²) in [6, 6.07) is 9.64. The fraction of sp³-hybridized carbons (Fsp3) is 0.368. The average Bonchev–Trinajstić information content (AvgIpc) is 2.58. The molecule has 24 heavy (non-hydrogen) atoms. The highest BCUT2D eigenvalue weighted by Gasteiger charge is 2.18. The molecule has 1 atom stereocenters. The lowest BCUT2D eigenvalue weighted by molar-refractivity contribution is 0.102. The molecule has 5 heteroatoms. The normalized spacial score (nSPS) is 17.6. The molecule has 1 aromatic carbocycles. The summed E-state index contributed by atoms with van der Waals surface area (Å²) in [5, 5.41) is 2.92. The van der Waals surface area contributed by atoms with Crippen LogP contribution in [-0.2, 0) is 0 Å². The number of amides is 1. The summed E-state index contributed by atoms with van der Waals surface area (Å²) in [5.74, 6) is 0.506. The van der Waals surface area contributed by atoms with Crippen molar-refractivity contribution in [3.8, 4) is 0 Å². The molecule has 3 rings (SSSR count). The quantitative estimate of drug-likeness (QED) is 0.833. The Labute approximate surface area is 151 Å². The van der Waals surface area contributed by atoms with Crippen molar-refractivity contribution in [3.63, 3.8) is 0 Å². The Morgan fingerprint density at radius 3 is 2.92 bits per heavy atom. The molecular formula is C19H22BrN3O. The first-order valence-corrected chi connectivity index (χ1v) is 9.11. The van der Waals surface area contributed by atoms with Crippen LogP contribution in [0.2, 0.25) is 0 Å². The van der Waals surface area contributed by atoms with E-state index < -0.39 is 0 Å². The maximum atomic E-state index is 12.5. The van der Waals surface area contributed by atoms with Crippen molar-refractivity contribution in [2.45, 2.75) is 26.7 Å². The van der Waals surface area contributed by atoms with Crippen LogP contribution >= 0.6 is 15.9 Å². The SMILES string of the molecule is Cc1ccc(NC(=O)c2cc(N3CCCC(C)C3)ccn2)cc1Br. The van der Waals surface area contributed by atoms with E-state index in [4.69, 9.17) is 0 Å². The summed E-state index contributed by atoms with van der Waals surface area (Å²) in [6.07, 6.45) is 4.19. The molecular weight excluding hydrogens is 366 g/mol. The number of rotatable bonds is 3. The molecule has 1 unspecified atom stereocenters.